The Balaban J connectivity index is 1.61. The zero-order chi connectivity index (χ0) is 22.0. The maximum absolute atomic E-state index is 11.9. The Bertz CT molecular complexity index is 914. The van der Waals surface area contributed by atoms with Crippen molar-refractivity contribution in [2.45, 2.75) is 83.5 Å². The molecule has 1 aromatic heterocycles. The van der Waals surface area contributed by atoms with E-state index in [0.717, 1.165) is 38.5 Å². The van der Waals surface area contributed by atoms with Crippen LogP contribution in [0.15, 0.2) is 47.4 Å². The maximum Gasteiger partial charge on any atom is 0.235 e. The normalized spacial score (nSPS) is 47.2. The van der Waals surface area contributed by atoms with Crippen LogP contribution < -0.4 is 4.57 Å². The summed E-state index contributed by atoms with van der Waals surface area (Å²) in [7, 11) is 0. The molecule has 4 aliphatic rings. The fourth-order valence-electron chi connectivity index (χ4n) is 8.67. The van der Waals surface area contributed by atoms with E-state index < -0.39 is 11.6 Å². The third-order valence-corrected chi connectivity index (χ3v) is 10.1. The van der Waals surface area contributed by atoms with Gasteiger partial charge >= 0.3 is 0 Å². The molecule has 0 aliphatic heterocycles. The van der Waals surface area contributed by atoms with Crippen molar-refractivity contribution in [3.63, 3.8) is 0 Å². The van der Waals surface area contributed by atoms with Crippen molar-refractivity contribution < 1.29 is 14.8 Å². The number of rotatable bonds is 2. The molecule has 168 valence electrons. The van der Waals surface area contributed by atoms with Crippen LogP contribution in [0, 0.1) is 33.8 Å². The summed E-state index contributed by atoms with van der Waals surface area (Å²) in [6.45, 7) is 6.52. The lowest BCUT2D eigenvalue weighted by Crippen LogP contribution is -2.72. The second-order valence-electron chi connectivity index (χ2n) is 11.1. The highest BCUT2D eigenvalue weighted by atomic mass is 16.4. The summed E-state index contributed by atoms with van der Waals surface area (Å²) in [4.78, 5) is 0. The maximum atomic E-state index is 11.9. The Labute approximate surface area is 185 Å². The van der Waals surface area contributed by atoms with Gasteiger partial charge in [-0.1, -0.05) is 31.6 Å². The lowest BCUT2D eigenvalue weighted by atomic mass is 9.46. The van der Waals surface area contributed by atoms with Crippen molar-refractivity contribution in [2.75, 3.05) is 0 Å². The van der Waals surface area contributed by atoms with Gasteiger partial charge in [0.1, 0.15) is 6.10 Å². The molecule has 1 aromatic rings. The van der Waals surface area contributed by atoms with Crippen LogP contribution in [0.4, 0.5) is 0 Å². The average Bonchev–Trinajstić information content (AvgIpc) is 3.01. The summed E-state index contributed by atoms with van der Waals surface area (Å²) in [5, 5.41) is 37.3. The molecule has 0 spiro atoms. The summed E-state index contributed by atoms with van der Waals surface area (Å²) in [6, 6.07) is 5.91. The monoisotopic (exact) mass is 424 g/mol. The molecule has 0 radical (unpaired) electrons. The van der Waals surface area contributed by atoms with E-state index in [1.807, 2.05) is 30.6 Å². The molecule has 4 unspecified atom stereocenters. The quantitative estimate of drug-likeness (QED) is 0.327. The summed E-state index contributed by atoms with van der Waals surface area (Å²) in [5.74, 6) is 1.39. The zero-order valence-electron chi connectivity index (χ0n) is 19.0. The number of pyridine rings is 1. The topological polar surface area (TPSA) is 79.8 Å². The molecule has 31 heavy (non-hydrogen) atoms. The molecule has 0 saturated heterocycles. The highest BCUT2D eigenvalue weighted by molar-refractivity contribution is 5.90. The predicted octanol–water partition coefficient (Wildman–Crippen LogP) is 3.92. The van der Waals surface area contributed by atoms with Crippen LogP contribution in [0.5, 0.6) is 0 Å². The second-order valence-corrected chi connectivity index (χ2v) is 11.1. The number of hydrogen-bond donors (Lipinski definition) is 2. The van der Waals surface area contributed by atoms with Crippen molar-refractivity contribution in [2.24, 2.45) is 33.7 Å². The van der Waals surface area contributed by atoms with Crippen molar-refractivity contribution in [1.29, 1.82) is 0 Å². The van der Waals surface area contributed by atoms with Gasteiger partial charge in [-0.25, -0.2) is 0 Å². The Kier molecular flexibility index (Phi) is 4.87. The average molecular weight is 425 g/mol. The molecule has 5 heteroatoms. The molecule has 0 aromatic carbocycles. The zero-order valence-corrected chi connectivity index (χ0v) is 19.0. The van der Waals surface area contributed by atoms with E-state index in [4.69, 9.17) is 0 Å². The van der Waals surface area contributed by atoms with E-state index >= 15 is 0 Å². The van der Waals surface area contributed by atoms with Crippen LogP contribution in [-0.2, 0) is 5.54 Å². The SMILES string of the molecule is C/C(=N\[O-])[C@@]1([n+]2ccccc2)[C@H](O)CC2C3CC=C4CC(O)CC[C@]4(C)C3CC[C@@]21C. The Hall–Kier alpha value is -1.72. The van der Waals surface area contributed by atoms with Crippen LogP contribution in [-0.4, -0.2) is 28.1 Å². The summed E-state index contributed by atoms with van der Waals surface area (Å²) in [5.41, 5.74) is 1.04. The summed E-state index contributed by atoms with van der Waals surface area (Å²) in [6.07, 6.45) is 12.1. The largest absolute Gasteiger partial charge is 0.792 e. The number of aliphatic hydroxyl groups is 2. The number of aromatic nitrogens is 1. The first-order valence-electron chi connectivity index (χ1n) is 12.0. The Morgan fingerprint density at radius 1 is 1.10 bits per heavy atom. The Morgan fingerprint density at radius 2 is 1.84 bits per heavy atom. The molecule has 5 nitrogen and oxygen atoms in total. The van der Waals surface area contributed by atoms with Gasteiger partial charge in [0.25, 0.3) is 0 Å². The van der Waals surface area contributed by atoms with Crippen LogP contribution in [0.25, 0.3) is 0 Å². The number of nitrogens with zero attached hydrogens (tertiary/aromatic N) is 2. The molecular weight excluding hydrogens is 388 g/mol. The molecule has 1 heterocycles. The minimum absolute atomic E-state index is 0.154. The minimum atomic E-state index is -0.806. The molecule has 5 rings (SSSR count). The van der Waals surface area contributed by atoms with Gasteiger partial charge in [-0.05, 0) is 75.0 Å². The van der Waals surface area contributed by atoms with Gasteiger partial charge in [0, 0.05) is 17.5 Å². The van der Waals surface area contributed by atoms with Gasteiger partial charge in [0.2, 0.25) is 5.54 Å². The molecule has 2 N–H and O–H groups in total. The first-order chi connectivity index (χ1) is 14.8. The first-order valence-corrected chi connectivity index (χ1v) is 12.0. The van der Waals surface area contributed by atoms with Crippen molar-refractivity contribution in [1.82, 2.24) is 0 Å². The first kappa shape index (κ1) is 21.1. The van der Waals surface area contributed by atoms with E-state index in [-0.39, 0.29) is 16.9 Å². The lowest BCUT2D eigenvalue weighted by Gasteiger charge is -2.58. The molecule has 3 fully saturated rings. The number of aliphatic hydroxyl groups excluding tert-OH is 2. The van der Waals surface area contributed by atoms with E-state index in [9.17, 15) is 15.4 Å². The van der Waals surface area contributed by atoms with Gasteiger partial charge in [0.05, 0.1) is 11.8 Å². The summed E-state index contributed by atoms with van der Waals surface area (Å²) < 4.78 is 2.07. The van der Waals surface area contributed by atoms with Crippen LogP contribution in [0.2, 0.25) is 0 Å². The Morgan fingerprint density at radius 3 is 2.55 bits per heavy atom. The van der Waals surface area contributed by atoms with Gasteiger partial charge in [-0.2, -0.15) is 4.57 Å². The predicted molar refractivity (Wildman–Crippen MR) is 120 cm³/mol. The van der Waals surface area contributed by atoms with Gasteiger partial charge in [-0.15, -0.1) is 0 Å². The van der Waals surface area contributed by atoms with Gasteiger partial charge < -0.3 is 20.6 Å². The number of hydrogen-bond acceptors (Lipinski definition) is 4. The van der Waals surface area contributed by atoms with Crippen molar-refractivity contribution >= 4 is 5.71 Å². The molecule has 4 aliphatic carbocycles. The van der Waals surface area contributed by atoms with Gasteiger partial charge in [0.15, 0.2) is 12.4 Å². The molecule has 8 atom stereocenters. The van der Waals surface area contributed by atoms with E-state index in [1.54, 1.807) is 6.92 Å². The number of fused-ring (bicyclic) bond motifs is 5. The molecule has 0 amide bonds. The van der Waals surface area contributed by atoms with Crippen molar-refractivity contribution in [3.8, 4) is 0 Å². The number of allylic oxidation sites excluding steroid dienone is 1. The smallest absolute Gasteiger partial charge is 0.235 e. The third kappa shape index (κ3) is 2.62. The van der Waals surface area contributed by atoms with Crippen LogP contribution >= 0.6 is 0 Å². The highest BCUT2D eigenvalue weighted by Gasteiger charge is 2.73. The second kappa shape index (κ2) is 7.14. The highest BCUT2D eigenvalue weighted by Crippen LogP contribution is 2.68. The molecular formula is C26H36N2O3. The van der Waals surface area contributed by atoms with Crippen LogP contribution in [0.1, 0.15) is 65.7 Å². The van der Waals surface area contributed by atoms with E-state index in [1.165, 1.54) is 5.57 Å². The van der Waals surface area contributed by atoms with Crippen molar-refractivity contribution in [3.05, 3.63) is 47.4 Å². The third-order valence-electron chi connectivity index (χ3n) is 10.1. The van der Waals surface area contributed by atoms with E-state index in [2.05, 4.69) is 29.6 Å². The molecule has 0 bridgehead atoms. The minimum Gasteiger partial charge on any atom is -0.792 e. The fourth-order valence-corrected chi connectivity index (χ4v) is 8.67. The standard InChI is InChI=1S/C26H36N2O3/c1-17(27-31)26(28-13-5-4-6-14-28)23(30)16-22-20-8-7-18-15-19(29)9-11-24(18,2)21(20)10-12-25(22,26)3/h4-7,13-14,19-23,29-30H,8-12,15-16H2,1-3H3/b27-17+/t19?,20?,21?,22?,23-,24+,25+,26-/m1/s1. The lowest BCUT2D eigenvalue weighted by molar-refractivity contribution is -0.766. The van der Waals surface area contributed by atoms with Crippen LogP contribution in [0.3, 0.4) is 0 Å². The van der Waals surface area contributed by atoms with Gasteiger partial charge in [-0.3, -0.25) is 0 Å². The fraction of sp³-hybridized carbons (Fsp3) is 0.692. The molecule has 3 saturated carbocycles. The van der Waals surface area contributed by atoms with E-state index in [0.29, 0.717) is 29.9 Å². The summed E-state index contributed by atoms with van der Waals surface area (Å²) >= 11 is 0.